The predicted octanol–water partition coefficient (Wildman–Crippen LogP) is 1.38. The molecule has 2 heteroatoms. The fourth-order valence-corrected chi connectivity index (χ4v) is 2.64. The Balaban J connectivity index is 1.43. The molecule has 2 aliphatic rings. The fourth-order valence-electron chi connectivity index (χ4n) is 2.64. The van der Waals surface area contributed by atoms with Crippen LogP contribution in [0.3, 0.4) is 0 Å². The summed E-state index contributed by atoms with van der Waals surface area (Å²) in [4.78, 5) is 0. The molecular formula is C13H18N2. The highest BCUT2D eigenvalue weighted by Gasteiger charge is 2.47. The van der Waals surface area contributed by atoms with E-state index in [1.807, 2.05) is 0 Å². The minimum Gasteiger partial charge on any atom is -0.312 e. The average Bonchev–Trinajstić information content (AvgIpc) is 2.96. The monoisotopic (exact) mass is 202 g/mol. The van der Waals surface area contributed by atoms with E-state index in [0.29, 0.717) is 0 Å². The van der Waals surface area contributed by atoms with E-state index in [0.717, 1.165) is 31.0 Å². The number of benzene rings is 1. The number of fused-ring (bicyclic) bond motifs is 1. The van der Waals surface area contributed by atoms with Gasteiger partial charge in [-0.2, -0.15) is 0 Å². The third-order valence-electron chi connectivity index (χ3n) is 3.67. The molecule has 2 nitrogen and oxygen atoms in total. The Morgan fingerprint density at radius 3 is 2.80 bits per heavy atom. The molecule has 0 bridgehead atoms. The number of hydrogen-bond donors (Lipinski definition) is 2. The SMILES string of the molecule is c1ccc(CNC[C@H]2NC[C@H]3C[C@H]32)cc1. The van der Waals surface area contributed by atoms with Crippen LogP contribution in [-0.2, 0) is 6.54 Å². The highest BCUT2D eigenvalue weighted by Crippen LogP contribution is 2.44. The number of piperidine rings is 1. The van der Waals surface area contributed by atoms with Crippen molar-refractivity contribution in [3.8, 4) is 0 Å². The molecule has 3 rings (SSSR count). The molecular weight excluding hydrogens is 184 g/mol. The predicted molar refractivity (Wildman–Crippen MR) is 61.5 cm³/mol. The minimum absolute atomic E-state index is 0.735. The first-order valence-corrected chi connectivity index (χ1v) is 5.91. The molecule has 80 valence electrons. The molecule has 1 aliphatic carbocycles. The summed E-state index contributed by atoms with van der Waals surface area (Å²) >= 11 is 0. The molecule has 2 N–H and O–H groups in total. The van der Waals surface area contributed by atoms with Gasteiger partial charge in [-0.05, 0) is 30.4 Å². The van der Waals surface area contributed by atoms with Crippen LogP contribution < -0.4 is 10.6 Å². The third-order valence-corrected chi connectivity index (χ3v) is 3.67. The zero-order valence-corrected chi connectivity index (χ0v) is 8.95. The highest BCUT2D eigenvalue weighted by atomic mass is 15.0. The van der Waals surface area contributed by atoms with Crippen LogP contribution in [0.15, 0.2) is 30.3 Å². The van der Waals surface area contributed by atoms with Gasteiger partial charge in [0.25, 0.3) is 0 Å². The molecule has 3 atom stereocenters. The van der Waals surface area contributed by atoms with Crippen LogP contribution in [0.2, 0.25) is 0 Å². The van der Waals surface area contributed by atoms with Crippen molar-refractivity contribution in [3.05, 3.63) is 35.9 Å². The second kappa shape index (κ2) is 3.95. The Morgan fingerprint density at radius 1 is 1.27 bits per heavy atom. The van der Waals surface area contributed by atoms with Crippen molar-refractivity contribution in [2.45, 2.75) is 19.0 Å². The molecule has 1 heterocycles. The van der Waals surface area contributed by atoms with E-state index >= 15 is 0 Å². The van der Waals surface area contributed by atoms with Crippen LogP contribution in [0.25, 0.3) is 0 Å². The second-order valence-corrected chi connectivity index (χ2v) is 4.79. The largest absolute Gasteiger partial charge is 0.312 e. The Hall–Kier alpha value is -0.860. The summed E-state index contributed by atoms with van der Waals surface area (Å²) in [6.07, 6.45) is 1.46. The number of rotatable bonds is 4. The first-order chi connectivity index (χ1) is 7.43. The lowest BCUT2D eigenvalue weighted by Crippen LogP contribution is -2.36. The van der Waals surface area contributed by atoms with E-state index in [1.165, 1.54) is 18.5 Å². The van der Waals surface area contributed by atoms with Gasteiger partial charge in [0.2, 0.25) is 0 Å². The second-order valence-electron chi connectivity index (χ2n) is 4.79. The Bertz CT molecular complexity index is 323. The third kappa shape index (κ3) is 2.06. The van der Waals surface area contributed by atoms with Crippen molar-refractivity contribution in [1.82, 2.24) is 10.6 Å². The van der Waals surface area contributed by atoms with E-state index < -0.39 is 0 Å². The van der Waals surface area contributed by atoms with Gasteiger partial charge >= 0.3 is 0 Å². The van der Waals surface area contributed by atoms with Gasteiger partial charge in [0.05, 0.1) is 0 Å². The van der Waals surface area contributed by atoms with E-state index in [-0.39, 0.29) is 0 Å². The molecule has 0 radical (unpaired) electrons. The van der Waals surface area contributed by atoms with Crippen LogP contribution in [0.1, 0.15) is 12.0 Å². The summed E-state index contributed by atoms with van der Waals surface area (Å²) in [5.74, 6) is 1.99. The first-order valence-electron chi connectivity index (χ1n) is 5.91. The number of nitrogens with one attached hydrogen (secondary N) is 2. The fraction of sp³-hybridized carbons (Fsp3) is 0.538. The van der Waals surface area contributed by atoms with E-state index in [2.05, 4.69) is 41.0 Å². The van der Waals surface area contributed by atoms with Crippen molar-refractivity contribution in [3.63, 3.8) is 0 Å². The summed E-state index contributed by atoms with van der Waals surface area (Å²) < 4.78 is 0. The zero-order chi connectivity index (χ0) is 10.1. The van der Waals surface area contributed by atoms with Crippen molar-refractivity contribution in [2.75, 3.05) is 13.1 Å². The molecule has 2 fully saturated rings. The maximum Gasteiger partial charge on any atom is 0.0224 e. The summed E-state index contributed by atoms with van der Waals surface area (Å²) in [5.41, 5.74) is 1.38. The van der Waals surface area contributed by atoms with E-state index in [1.54, 1.807) is 0 Å². The van der Waals surface area contributed by atoms with Crippen molar-refractivity contribution in [2.24, 2.45) is 11.8 Å². The van der Waals surface area contributed by atoms with Gasteiger partial charge in [0.15, 0.2) is 0 Å². The Kier molecular flexibility index (Phi) is 2.47. The molecule has 1 saturated heterocycles. The maximum absolute atomic E-state index is 3.58. The average molecular weight is 202 g/mol. The quantitative estimate of drug-likeness (QED) is 0.771. The lowest BCUT2D eigenvalue weighted by atomic mass is 10.2. The molecule has 0 unspecified atom stereocenters. The zero-order valence-electron chi connectivity index (χ0n) is 8.95. The first kappa shape index (κ1) is 9.37. The molecule has 1 saturated carbocycles. The molecule has 0 aromatic heterocycles. The van der Waals surface area contributed by atoms with Crippen LogP contribution in [0.4, 0.5) is 0 Å². The standard InChI is InChI=1S/C13H18N2/c1-2-4-10(5-3-1)7-14-9-13-12-6-11(12)8-15-13/h1-5,11-15H,6-9H2/t11-,12-,13-/m1/s1. The van der Waals surface area contributed by atoms with Gasteiger partial charge in [-0.3, -0.25) is 0 Å². The summed E-state index contributed by atoms with van der Waals surface area (Å²) in [7, 11) is 0. The van der Waals surface area contributed by atoms with Gasteiger partial charge in [-0.15, -0.1) is 0 Å². The van der Waals surface area contributed by atoms with Crippen molar-refractivity contribution in [1.29, 1.82) is 0 Å². The highest BCUT2D eigenvalue weighted by molar-refractivity contribution is 5.14. The topological polar surface area (TPSA) is 24.1 Å². The number of hydrogen-bond acceptors (Lipinski definition) is 2. The van der Waals surface area contributed by atoms with Crippen LogP contribution >= 0.6 is 0 Å². The summed E-state index contributed by atoms with van der Waals surface area (Å²) in [5, 5.41) is 7.12. The summed E-state index contributed by atoms with van der Waals surface area (Å²) in [6.45, 7) is 3.37. The molecule has 1 aromatic carbocycles. The molecule has 15 heavy (non-hydrogen) atoms. The Labute approximate surface area is 91.1 Å². The molecule has 0 spiro atoms. The van der Waals surface area contributed by atoms with Gasteiger partial charge in [0, 0.05) is 19.1 Å². The lowest BCUT2D eigenvalue weighted by Gasteiger charge is -2.14. The summed E-state index contributed by atoms with van der Waals surface area (Å²) in [6, 6.07) is 11.4. The van der Waals surface area contributed by atoms with Crippen LogP contribution in [-0.4, -0.2) is 19.1 Å². The smallest absolute Gasteiger partial charge is 0.0224 e. The van der Waals surface area contributed by atoms with Gasteiger partial charge in [-0.1, -0.05) is 30.3 Å². The van der Waals surface area contributed by atoms with Gasteiger partial charge in [-0.25, -0.2) is 0 Å². The molecule has 1 aromatic rings. The Morgan fingerprint density at radius 2 is 2.13 bits per heavy atom. The minimum atomic E-state index is 0.735. The van der Waals surface area contributed by atoms with Gasteiger partial charge < -0.3 is 10.6 Å². The lowest BCUT2D eigenvalue weighted by molar-refractivity contribution is 0.487. The van der Waals surface area contributed by atoms with Crippen molar-refractivity contribution >= 4 is 0 Å². The maximum atomic E-state index is 3.58. The molecule has 1 aliphatic heterocycles. The molecule has 0 amide bonds. The normalized spacial score (nSPS) is 32.7. The van der Waals surface area contributed by atoms with E-state index in [9.17, 15) is 0 Å². The van der Waals surface area contributed by atoms with Crippen molar-refractivity contribution < 1.29 is 0 Å². The van der Waals surface area contributed by atoms with Crippen LogP contribution in [0, 0.1) is 11.8 Å². The van der Waals surface area contributed by atoms with Crippen LogP contribution in [0.5, 0.6) is 0 Å². The van der Waals surface area contributed by atoms with Gasteiger partial charge in [0.1, 0.15) is 0 Å². The van der Waals surface area contributed by atoms with E-state index in [4.69, 9.17) is 0 Å².